The van der Waals surface area contributed by atoms with Crippen LogP contribution < -0.4 is 20.9 Å². The van der Waals surface area contributed by atoms with Gasteiger partial charge in [0, 0.05) is 42.7 Å². The van der Waals surface area contributed by atoms with Crippen molar-refractivity contribution in [2.75, 3.05) is 34.4 Å². The van der Waals surface area contributed by atoms with Crippen LogP contribution in [-0.2, 0) is 6.42 Å². The van der Waals surface area contributed by atoms with Gasteiger partial charge in [-0.05, 0) is 95.9 Å². The van der Waals surface area contributed by atoms with Crippen LogP contribution in [-0.4, -0.2) is 19.6 Å². The van der Waals surface area contributed by atoms with E-state index in [0.717, 1.165) is 69.8 Å². The number of nitrogens with two attached hydrogens (primary N) is 1. The van der Waals surface area contributed by atoms with Crippen LogP contribution in [0.25, 0.3) is 16.7 Å². The van der Waals surface area contributed by atoms with Gasteiger partial charge in [-0.25, -0.2) is 0 Å². The average molecular weight is 737 g/mol. The van der Waals surface area contributed by atoms with Gasteiger partial charge in [0.05, 0.1) is 28.8 Å². The van der Waals surface area contributed by atoms with Gasteiger partial charge < -0.3 is 20.9 Å². The highest BCUT2D eigenvalue weighted by molar-refractivity contribution is 5.99. The lowest BCUT2D eigenvalue weighted by Gasteiger charge is -2.36. The van der Waals surface area contributed by atoms with Gasteiger partial charge in [0.1, 0.15) is 0 Å². The van der Waals surface area contributed by atoms with Gasteiger partial charge in [0.15, 0.2) is 0 Å². The Morgan fingerprint density at radius 3 is 2.11 bits per heavy atom. The summed E-state index contributed by atoms with van der Waals surface area (Å²) in [5.74, 6) is 0. The first-order chi connectivity index (χ1) is 27.5. The van der Waals surface area contributed by atoms with Gasteiger partial charge >= 0.3 is 0 Å². The van der Waals surface area contributed by atoms with Gasteiger partial charge in [-0.15, -0.1) is 0 Å². The first kappa shape index (κ1) is 39.4. The Hall–Kier alpha value is -6.26. The molecule has 0 saturated heterocycles. The molecule has 0 radical (unpaired) electrons. The molecule has 4 aromatic rings. The Morgan fingerprint density at radius 1 is 0.714 bits per heavy atom. The Balaban J connectivity index is 0.000000600. The monoisotopic (exact) mass is 736 g/mol. The zero-order valence-electron chi connectivity index (χ0n) is 33.3. The molecular formula is C52H56N4. The first-order valence-electron chi connectivity index (χ1n) is 20.0. The Bertz CT molecular complexity index is 2210. The Morgan fingerprint density at radius 2 is 1.41 bits per heavy atom. The molecule has 4 nitrogen and oxygen atoms in total. The summed E-state index contributed by atoms with van der Waals surface area (Å²) in [6.07, 6.45) is 31.4. The number of nitrogen functional groups attached to an aromatic ring is 1. The summed E-state index contributed by atoms with van der Waals surface area (Å²) in [5.41, 5.74) is 20.6. The molecule has 2 aliphatic heterocycles. The van der Waals surface area contributed by atoms with Gasteiger partial charge in [-0.2, -0.15) is 0 Å². The zero-order chi connectivity index (χ0) is 39.3. The third-order valence-electron chi connectivity index (χ3n) is 10.4. The highest BCUT2D eigenvalue weighted by atomic mass is 15.2. The third kappa shape index (κ3) is 9.33. The number of hydrogen-bond acceptors (Lipinski definition) is 4. The van der Waals surface area contributed by atoms with E-state index in [4.69, 9.17) is 12.3 Å². The smallest absolute Gasteiger partial charge is 0.0574 e. The van der Waals surface area contributed by atoms with Crippen LogP contribution in [0, 0.1) is 0 Å². The molecule has 0 amide bonds. The summed E-state index contributed by atoms with van der Waals surface area (Å²) >= 11 is 0. The summed E-state index contributed by atoms with van der Waals surface area (Å²) in [4.78, 5) is 4.69. The number of benzene rings is 4. The SMILES string of the molecule is C1=CCCC=C1.C=C1c2ccccc2/C(C2=CC=CCC2)=C\N(C)c2cc3c(cc21)C(=C)/C=C\C=C/N3C(CNc1ccccc1N)Cc1ccccc1.CC. The van der Waals surface area contributed by atoms with E-state index < -0.39 is 0 Å². The number of hydrogen-bond donors (Lipinski definition) is 2. The third-order valence-corrected chi connectivity index (χ3v) is 10.4. The predicted molar refractivity (Wildman–Crippen MR) is 246 cm³/mol. The van der Waals surface area contributed by atoms with E-state index >= 15 is 0 Å². The lowest BCUT2D eigenvalue weighted by molar-refractivity contribution is 0.669. The van der Waals surface area contributed by atoms with E-state index in [-0.39, 0.29) is 6.04 Å². The molecule has 4 aromatic carbocycles. The topological polar surface area (TPSA) is 44.5 Å². The van der Waals surface area contributed by atoms with E-state index in [1.807, 2.05) is 38.1 Å². The molecule has 284 valence electrons. The van der Waals surface area contributed by atoms with Crippen LogP contribution in [0.3, 0.4) is 0 Å². The minimum Gasteiger partial charge on any atom is -0.397 e. The number of nitrogens with one attached hydrogen (secondary N) is 1. The lowest BCUT2D eigenvalue weighted by Crippen LogP contribution is -2.39. The lowest BCUT2D eigenvalue weighted by atomic mass is 9.83. The minimum atomic E-state index is 0.0624. The van der Waals surface area contributed by atoms with E-state index in [1.54, 1.807) is 0 Å². The summed E-state index contributed by atoms with van der Waals surface area (Å²) < 4.78 is 0. The van der Waals surface area contributed by atoms with Gasteiger partial charge in [-0.1, -0.05) is 148 Å². The number of fused-ring (bicyclic) bond motifs is 3. The van der Waals surface area contributed by atoms with E-state index in [2.05, 4.69) is 169 Å². The van der Waals surface area contributed by atoms with Crippen LogP contribution >= 0.6 is 0 Å². The molecule has 8 rings (SSSR count). The van der Waals surface area contributed by atoms with Crippen molar-refractivity contribution in [2.24, 2.45) is 0 Å². The summed E-state index contributed by atoms with van der Waals surface area (Å²) in [7, 11) is 2.16. The van der Waals surface area contributed by atoms with Crippen molar-refractivity contribution in [3.05, 3.63) is 211 Å². The Labute approximate surface area is 335 Å². The van der Waals surface area contributed by atoms with Crippen LogP contribution in [0.15, 0.2) is 183 Å². The first-order valence-corrected chi connectivity index (χ1v) is 20.0. The predicted octanol–water partition coefficient (Wildman–Crippen LogP) is 12.9. The fourth-order valence-corrected chi connectivity index (χ4v) is 7.51. The van der Waals surface area contributed by atoms with Gasteiger partial charge in [0.2, 0.25) is 0 Å². The molecule has 1 atom stereocenters. The molecule has 4 heteroatoms. The van der Waals surface area contributed by atoms with Crippen molar-refractivity contribution in [2.45, 2.75) is 52.0 Å². The molecule has 1 unspecified atom stereocenters. The molecule has 2 aliphatic carbocycles. The molecule has 0 fully saturated rings. The largest absolute Gasteiger partial charge is 0.397 e. The summed E-state index contributed by atoms with van der Waals surface area (Å²) in [6, 6.07) is 32.0. The number of rotatable bonds is 7. The molecule has 0 aromatic heterocycles. The molecule has 0 spiro atoms. The second-order valence-electron chi connectivity index (χ2n) is 14.1. The summed E-state index contributed by atoms with van der Waals surface area (Å²) in [6.45, 7) is 14.0. The number of nitrogens with zero attached hydrogens (tertiary/aromatic N) is 2. The van der Waals surface area contributed by atoms with Crippen molar-refractivity contribution in [1.82, 2.24) is 0 Å². The van der Waals surface area contributed by atoms with Crippen molar-refractivity contribution in [3.63, 3.8) is 0 Å². The van der Waals surface area contributed by atoms with Crippen molar-refractivity contribution in [3.8, 4) is 0 Å². The molecule has 2 heterocycles. The molecule has 0 bridgehead atoms. The second-order valence-corrected chi connectivity index (χ2v) is 14.1. The maximum atomic E-state index is 6.37. The maximum absolute atomic E-state index is 6.37. The highest BCUT2D eigenvalue weighted by Crippen LogP contribution is 2.45. The van der Waals surface area contributed by atoms with Gasteiger partial charge in [0.25, 0.3) is 0 Å². The van der Waals surface area contributed by atoms with Gasteiger partial charge in [-0.3, -0.25) is 0 Å². The molecule has 0 saturated carbocycles. The normalized spacial score (nSPS) is 17.9. The Kier molecular flexibility index (Phi) is 13.6. The van der Waals surface area contributed by atoms with Crippen molar-refractivity contribution >= 4 is 39.5 Å². The van der Waals surface area contributed by atoms with E-state index in [0.29, 0.717) is 6.54 Å². The second kappa shape index (κ2) is 19.4. The average Bonchev–Trinajstić information content (AvgIpc) is 3.25. The van der Waals surface area contributed by atoms with Crippen LogP contribution in [0.4, 0.5) is 22.7 Å². The van der Waals surface area contributed by atoms with Crippen LogP contribution in [0.5, 0.6) is 0 Å². The molecule has 4 aliphatic rings. The standard InChI is InChI=1S/C44H42N4.C6H8.C2H6/c1-31-16-14-15-25-48(35(26-33-17-6-4-7-18-33)29-46-42-24-13-12-23-41(42)45)44-28-43-39(27-38(31)44)32(2)36-21-10-11-22-37(36)40(30-47(43)3)34-19-8-5-9-20-34;1-2-4-6-5-3-1;1-2/h4-8,10-19,21-25,27-28,30,35,46H,1-2,9,20,26,29,45H2,3H3;1-4H,5-6H2;1-2H3/b16-14-,25-15-,40-30-;;. The quantitative estimate of drug-likeness (QED) is 0.185. The van der Waals surface area contributed by atoms with Crippen molar-refractivity contribution < 1.29 is 0 Å². The minimum absolute atomic E-state index is 0.0624. The highest BCUT2D eigenvalue weighted by Gasteiger charge is 2.27. The van der Waals surface area contributed by atoms with Crippen LogP contribution in [0.2, 0.25) is 0 Å². The van der Waals surface area contributed by atoms with E-state index in [9.17, 15) is 0 Å². The molecule has 56 heavy (non-hydrogen) atoms. The maximum Gasteiger partial charge on any atom is 0.0574 e. The fraction of sp³-hybridized carbons (Fsp3) is 0.192. The number of allylic oxidation sites excluding steroid dienone is 13. The number of para-hydroxylation sites is 2. The molecular weight excluding hydrogens is 681 g/mol. The number of anilines is 4. The van der Waals surface area contributed by atoms with Crippen molar-refractivity contribution in [1.29, 1.82) is 0 Å². The fourth-order valence-electron chi connectivity index (χ4n) is 7.51. The van der Waals surface area contributed by atoms with Crippen LogP contribution in [0.1, 0.15) is 67.3 Å². The summed E-state index contributed by atoms with van der Waals surface area (Å²) in [5, 5.41) is 3.67. The zero-order valence-corrected chi connectivity index (χ0v) is 33.3. The molecule has 3 N–H and O–H groups in total. The van der Waals surface area contributed by atoms with E-state index in [1.165, 1.54) is 35.1 Å².